The topological polar surface area (TPSA) is 27.7 Å². The lowest BCUT2D eigenvalue weighted by Crippen LogP contribution is -2.46. The maximum atomic E-state index is 6.96. The summed E-state index contributed by atoms with van der Waals surface area (Å²) in [4.78, 5) is 0. The van der Waals surface area contributed by atoms with E-state index in [9.17, 15) is 0 Å². The first-order chi connectivity index (χ1) is 15.2. The van der Waals surface area contributed by atoms with Gasteiger partial charge in [-0.3, -0.25) is 0 Å². The van der Waals surface area contributed by atoms with E-state index in [-0.39, 0.29) is 16.9 Å². The third kappa shape index (κ3) is 4.19. The Balaban J connectivity index is 1.70. The average Bonchev–Trinajstić information content (AvgIpc) is 3.20. The second kappa shape index (κ2) is 8.99. The van der Waals surface area contributed by atoms with Gasteiger partial charge in [0.15, 0.2) is 0 Å². The van der Waals surface area contributed by atoms with Crippen LogP contribution in [-0.2, 0) is 16.1 Å². The third-order valence-corrected chi connectivity index (χ3v) is 8.82. The summed E-state index contributed by atoms with van der Waals surface area (Å²) in [5, 5.41) is 0. The van der Waals surface area contributed by atoms with Gasteiger partial charge in [0.2, 0.25) is 0 Å². The van der Waals surface area contributed by atoms with Crippen molar-refractivity contribution in [1.82, 2.24) is 0 Å². The van der Waals surface area contributed by atoms with Crippen LogP contribution in [-0.4, -0.2) is 26.4 Å². The maximum Gasteiger partial charge on any atom is 0.118 e. The minimum Gasteiger partial charge on any atom is -0.497 e. The molecule has 3 aliphatic rings. The van der Waals surface area contributed by atoms with Crippen molar-refractivity contribution in [2.45, 2.75) is 72.7 Å². The summed E-state index contributed by atoms with van der Waals surface area (Å²) in [6.07, 6.45) is 11.3. The van der Waals surface area contributed by atoms with Crippen molar-refractivity contribution in [2.24, 2.45) is 34.5 Å². The van der Waals surface area contributed by atoms with Crippen LogP contribution in [0.3, 0.4) is 0 Å². The fourth-order valence-corrected chi connectivity index (χ4v) is 7.15. The van der Waals surface area contributed by atoms with Crippen LogP contribution in [0.25, 0.3) is 0 Å². The van der Waals surface area contributed by atoms with Crippen LogP contribution in [0.1, 0.15) is 59.4 Å². The van der Waals surface area contributed by atoms with Gasteiger partial charge in [0.1, 0.15) is 5.75 Å². The lowest BCUT2D eigenvalue weighted by Gasteiger charge is -2.46. The van der Waals surface area contributed by atoms with Crippen molar-refractivity contribution in [1.29, 1.82) is 0 Å². The van der Waals surface area contributed by atoms with E-state index in [2.05, 4.69) is 65.0 Å². The molecule has 7 atom stereocenters. The summed E-state index contributed by atoms with van der Waals surface area (Å²) in [6.45, 7) is 12.6. The number of allylic oxidation sites excluding steroid dienone is 3. The maximum absolute atomic E-state index is 6.96. The molecule has 1 aromatic rings. The normalized spacial score (nSPS) is 39.9. The van der Waals surface area contributed by atoms with E-state index in [0.29, 0.717) is 36.4 Å². The van der Waals surface area contributed by atoms with Crippen molar-refractivity contribution in [3.05, 3.63) is 53.6 Å². The highest BCUT2D eigenvalue weighted by molar-refractivity contribution is 5.27. The number of rotatable bonds is 5. The highest BCUT2D eigenvalue weighted by Crippen LogP contribution is 2.58. The molecule has 4 rings (SSSR count). The Bertz CT molecular complexity index is 852. The number of hydrogen-bond acceptors (Lipinski definition) is 3. The first kappa shape index (κ1) is 23.6. The number of benzene rings is 1. The van der Waals surface area contributed by atoms with Gasteiger partial charge in [-0.2, -0.15) is 0 Å². The van der Waals surface area contributed by atoms with Crippen molar-refractivity contribution in [3.8, 4) is 5.75 Å². The van der Waals surface area contributed by atoms with Crippen LogP contribution in [0.4, 0.5) is 0 Å². The predicted molar refractivity (Wildman–Crippen MR) is 131 cm³/mol. The van der Waals surface area contributed by atoms with Gasteiger partial charge in [0, 0.05) is 12.5 Å². The van der Waals surface area contributed by atoms with E-state index in [1.54, 1.807) is 7.11 Å². The van der Waals surface area contributed by atoms with Gasteiger partial charge in [-0.25, -0.2) is 0 Å². The van der Waals surface area contributed by atoms with Crippen molar-refractivity contribution in [2.75, 3.05) is 14.2 Å². The van der Waals surface area contributed by atoms with Gasteiger partial charge in [-0.05, 0) is 73.0 Å². The van der Waals surface area contributed by atoms with Crippen LogP contribution in [0.15, 0.2) is 48.1 Å². The summed E-state index contributed by atoms with van der Waals surface area (Å²) in [5.74, 6) is 2.95. The second-order valence-corrected chi connectivity index (χ2v) is 11.4. The van der Waals surface area contributed by atoms with Gasteiger partial charge < -0.3 is 14.2 Å². The molecule has 0 aromatic heterocycles. The molecule has 0 unspecified atom stereocenters. The second-order valence-electron chi connectivity index (χ2n) is 11.4. The molecular formula is C29H42O3. The zero-order chi connectivity index (χ0) is 23.1. The summed E-state index contributed by atoms with van der Waals surface area (Å²) in [7, 11) is 3.60. The largest absolute Gasteiger partial charge is 0.497 e. The Morgan fingerprint density at radius 1 is 1.00 bits per heavy atom. The highest BCUT2D eigenvalue weighted by atomic mass is 16.5. The van der Waals surface area contributed by atoms with Crippen LogP contribution in [0.5, 0.6) is 5.75 Å². The molecule has 0 amide bonds. The number of ether oxygens (including phenoxy) is 3. The Morgan fingerprint density at radius 3 is 2.38 bits per heavy atom. The van der Waals surface area contributed by atoms with Crippen molar-refractivity contribution >= 4 is 0 Å². The van der Waals surface area contributed by atoms with Gasteiger partial charge in [0.25, 0.3) is 0 Å². The monoisotopic (exact) mass is 438 g/mol. The molecule has 1 fully saturated rings. The minimum absolute atomic E-state index is 0.00234. The van der Waals surface area contributed by atoms with Crippen molar-refractivity contribution in [3.63, 3.8) is 0 Å². The highest BCUT2D eigenvalue weighted by Gasteiger charge is 2.56. The molecule has 3 heteroatoms. The molecule has 0 N–H and O–H groups in total. The first-order valence-electron chi connectivity index (χ1n) is 12.3. The van der Waals surface area contributed by atoms with E-state index in [4.69, 9.17) is 14.2 Å². The quantitative estimate of drug-likeness (QED) is 0.472. The molecule has 0 radical (unpaired) electrons. The van der Waals surface area contributed by atoms with E-state index in [0.717, 1.165) is 18.6 Å². The molecule has 3 nitrogen and oxygen atoms in total. The Hall–Kier alpha value is -1.58. The molecule has 3 aliphatic carbocycles. The predicted octanol–water partition coefficient (Wildman–Crippen LogP) is 6.83. The lowest BCUT2D eigenvalue weighted by molar-refractivity contribution is -0.101. The van der Waals surface area contributed by atoms with E-state index >= 15 is 0 Å². The van der Waals surface area contributed by atoms with Gasteiger partial charge in [-0.15, -0.1) is 0 Å². The minimum atomic E-state index is 0.00234. The Kier molecular flexibility index (Phi) is 6.62. The summed E-state index contributed by atoms with van der Waals surface area (Å²) >= 11 is 0. The lowest BCUT2D eigenvalue weighted by atomic mass is 9.63. The molecule has 0 aliphatic heterocycles. The number of methoxy groups -OCH3 is 2. The molecule has 32 heavy (non-hydrogen) atoms. The summed E-state index contributed by atoms with van der Waals surface area (Å²) in [5.41, 5.74) is 2.88. The Labute approximate surface area is 195 Å². The average molecular weight is 439 g/mol. The van der Waals surface area contributed by atoms with Crippen LogP contribution < -0.4 is 4.74 Å². The SMILES string of the molecule is COc1ccc(CO[C@H]2[C@H]3C[C@@H](C)[C@H](OC)[C@H]3C/C(C)=C\C[C@H]3C(C)(C)C=C[C@@]23C)cc1. The molecule has 1 aromatic carbocycles. The first-order valence-corrected chi connectivity index (χ1v) is 12.3. The van der Waals surface area contributed by atoms with Gasteiger partial charge in [0.05, 0.1) is 25.9 Å². The fourth-order valence-electron chi connectivity index (χ4n) is 7.15. The molecule has 0 saturated heterocycles. The van der Waals surface area contributed by atoms with E-state index in [1.165, 1.54) is 17.6 Å². The molecule has 0 bridgehead atoms. The van der Waals surface area contributed by atoms with Gasteiger partial charge >= 0.3 is 0 Å². The van der Waals surface area contributed by atoms with E-state index < -0.39 is 0 Å². The third-order valence-electron chi connectivity index (χ3n) is 8.82. The smallest absolute Gasteiger partial charge is 0.118 e. The zero-order valence-corrected chi connectivity index (χ0v) is 21.1. The fraction of sp³-hybridized carbons (Fsp3) is 0.655. The summed E-state index contributed by atoms with van der Waals surface area (Å²) < 4.78 is 18.4. The molecular weight excluding hydrogens is 396 g/mol. The zero-order valence-electron chi connectivity index (χ0n) is 21.1. The molecule has 1 saturated carbocycles. The summed E-state index contributed by atoms with van der Waals surface area (Å²) in [6, 6.07) is 8.31. The number of hydrogen-bond donors (Lipinski definition) is 0. The van der Waals surface area contributed by atoms with Crippen molar-refractivity contribution < 1.29 is 14.2 Å². The number of fused-ring (bicyclic) bond motifs is 2. The van der Waals surface area contributed by atoms with Gasteiger partial charge in [-0.1, -0.05) is 63.6 Å². The van der Waals surface area contributed by atoms with Crippen LogP contribution in [0, 0.1) is 34.5 Å². The molecule has 176 valence electrons. The standard InChI is InChI=1S/C29H42O3/c1-19-8-13-25-28(3,4)14-15-29(25,5)27(24-17-20(2)26(31-7)23(24)16-19)32-18-21-9-11-22(30-6)12-10-21/h8-12,14-15,20,23-27H,13,16-18H2,1-7H3/b19-8-/t20-,23+,24+,25+,26+,27+,29-/m1/s1. The van der Waals surface area contributed by atoms with Crippen LogP contribution >= 0.6 is 0 Å². The molecule has 0 spiro atoms. The molecule has 0 heterocycles. The van der Waals surface area contributed by atoms with Crippen LogP contribution in [0.2, 0.25) is 0 Å². The Morgan fingerprint density at radius 2 is 1.72 bits per heavy atom. The van der Waals surface area contributed by atoms with E-state index in [1.807, 2.05) is 19.2 Å².